The van der Waals surface area contributed by atoms with Crippen molar-refractivity contribution in [2.45, 2.75) is 4.90 Å². The molecule has 0 aliphatic rings. The van der Waals surface area contributed by atoms with Crippen LogP contribution in [0.5, 0.6) is 5.75 Å². The van der Waals surface area contributed by atoms with Crippen LogP contribution in [0, 0.1) is 0 Å². The number of Topliss-reactive ketones (excluding diaryl/α,β-unsaturated/α-hetero) is 1. The van der Waals surface area contributed by atoms with Gasteiger partial charge in [0.25, 0.3) is 11.8 Å². The third-order valence-corrected chi connectivity index (χ3v) is 7.70. The van der Waals surface area contributed by atoms with E-state index in [2.05, 4.69) is 10.6 Å². The number of anilines is 1. The highest BCUT2D eigenvalue weighted by Crippen LogP contribution is 2.25. The summed E-state index contributed by atoms with van der Waals surface area (Å²) in [5.41, 5.74) is 4.52. The van der Waals surface area contributed by atoms with Gasteiger partial charge in [0, 0.05) is 21.7 Å². The molecule has 2 amide bonds. The van der Waals surface area contributed by atoms with Crippen molar-refractivity contribution in [1.29, 1.82) is 0 Å². The maximum atomic E-state index is 13.5. The van der Waals surface area contributed by atoms with Crippen molar-refractivity contribution in [1.82, 2.24) is 5.32 Å². The molecule has 0 atom stereocenters. The normalized spacial score (nSPS) is 11.0. The minimum atomic E-state index is -0.476. The van der Waals surface area contributed by atoms with Crippen LogP contribution in [0.2, 0.25) is 0 Å². The van der Waals surface area contributed by atoms with E-state index in [4.69, 9.17) is 4.74 Å². The number of benzene rings is 5. The number of carbonyl (C=O) groups excluding carboxylic acids is 3. The topological polar surface area (TPSA) is 84.5 Å². The molecule has 0 radical (unpaired) electrons. The van der Waals surface area contributed by atoms with Gasteiger partial charge in [-0.1, -0.05) is 91.0 Å². The molecule has 0 aliphatic heterocycles. The first-order chi connectivity index (χ1) is 21.5. The van der Waals surface area contributed by atoms with Crippen molar-refractivity contribution >= 4 is 41.1 Å². The standard InChI is InChI=1S/C37H30N2O4S/c1-43-32-16-8-14-30(23-32)35(40)25-44-33-17-9-15-31(24-33)38-37(42)34(39-36(41)29-12-6-3-7-13-29)22-26-18-20-28(21-19-26)27-10-4-2-5-11-27/h2-24H,25H2,1H3,(H,38,42)(H,39,41)/b34-22-. The lowest BCUT2D eigenvalue weighted by Crippen LogP contribution is -2.30. The number of methoxy groups -OCH3 is 1. The molecule has 6 nitrogen and oxygen atoms in total. The summed E-state index contributed by atoms with van der Waals surface area (Å²) in [6.07, 6.45) is 1.65. The summed E-state index contributed by atoms with van der Waals surface area (Å²) in [6.45, 7) is 0. The molecule has 0 saturated heterocycles. The van der Waals surface area contributed by atoms with Crippen molar-refractivity contribution in [2.75, 3.05) is 18.2 Å². The van der Waals surface area contributed by atoms with E-state index in [-0.39, 0.29) is 17.2 Å². The zero-order chi connectivity index (χ0) is 30.7. The lowest BCUT2D eigenvalue weighted by Gasteiger charge is -2.12. The predicted octanol–water partition coefficient (Wildman–Crippen LogP) is 7.75. The monoisotopic (exact) mass is 598 g/mol. The minimum Gasteiger partial charge on any atom is -0.497 e. The van der Waals surface area contributed by atoms with Crippen molar-refractivity contribution in [3.05, 3.63) is 156 Å². The van der Waals surface area contributed by atoms with Gasteiger partial charge in [-0.15, -0.1) is 11.8 Å². The van der Waals surface area contributed by atoms with E-state index in [0.717, 1.165) is 21.6 Å². The van der Waals surface area contributed by atoms with Gasteiger partial charge in [0.2, 0.25) is 0 Å². The van der Waals surface area contributed by atoms with Crippen LogP contribution in [0.4, 0.5) is 5.69 Å². The van der Waals surface area contributed by atoms with Gasteiger partial charge in [-0.05, 0) is 65.2 Å². The van der Waals surface area contributed by atoms with E-state index < -0.39 is 11.8 Å². The SMILES string of the molecule is COc1cccc(C(=O)CSc2cccc(NC(=O)/C(=C/c3ccc(-c4ccccc4)cc3)NC(=O)c3ccccc3)c2)c1. The van der Waals surface area contributed by atoms with Crippen molar-refractivity contribution < 1.29 is 19.1 Å². The van der Waals surface area contributed by atoms with Crippen LogP contribution in [-0.2, 0) is 4.79 Å². The molecule has 0 unspecified atom stereocenters. The number of carbonyl (C=O) groups is 3. The minimum absolute atomic E-state index is 0.0320. The number of hydrogen-bond acceptors (Lipinski definition) is 5. The maximum absolute atomic E-state index is 13.5. The van der Waals surface area contributed by atoms with Gasteiger partial charge in [0.1, 0.15) is 11.4 Å². The van der Waals surface area contributed by atoms with Gasteiger partial charge in [0.05, 0.1) is 12.9 Å². The van der Waals surface area contributed by atoms with E-state index in [0.29, 0.717) is 22.6 Å². The zero-order valence-electron chi connectivity index (χ0n) is 24.0. The molecule has 5 aromatic rings. The number of nitrogens with one attached hydrogen (secondary N) is 2. The van der Waals surface area contributed by atoms with Crippen LogP contribution < -0.4 is 15.4 Å². The second-order valence-electron chi connectivity index (χ2n) is 9.79. The Morgan fingerprint density at radius 3 is 2.09 bits per heavy atom. The number of amides is 2. The van der Waals surface area contributed by atoms with Crippen LogP contribution in [-0.4, -0.2) is 30.5 Å². The van der Waals surface area contributed by atoms with E-state index in [1.54, 1.807) is 73.8 Å². The lowest BCUT2D eigenvalue weighted by atomic mass is 10.0. The Morgan fingerprint density at radius 2 is 1.36 bits per heavy atom. The zero-order valence-corrected chi connectivity index (χ0v) is 24.8. The molecular formula is C37H30N2O4S. The van der Waals surface area contributed by atoms with Crippen LogP contribution in [0.3, 0.4) is 0 Å². The van der Waals surface area contributed by atoms with Crippen LogP contribution in [0.15, 0.2) is 144 Å². The quantitative estimate of drug-likeness (QED) is 0.0923. The molecule has 0 aliphatic carbocycles. The molecule has 0 aromatic heterocycles. The molecule has 0 heterocycles. The highest BCUT2D eigenvalue weighted by atomic mass is 32.2. The highest BCUT2D eigenvalue weighted by Gasteiger charge is 2.16. The number of hydrogen-bond donors (Lipinski definition) is 2. The van der Waals surface area contributed by atoms with Crippen molar-refractivity contribution in [3.63, 3.8) is 0 Å². The molecule has 7 heteroatoms. The summed E-state index contributed by atoms with van der Waals surface area (Å²) in [4.78, 5) is 40.1. The third kappa shape index (κ3) is 8.12. The maximum Gasteiger partial charge on any atom is 0.272 e. The molecule has 0 fully saturated rings. The second-order valence-corrected chi connectivity index (χ2v) is 10.8. The molecule has 2 N–H and O–H groups in total. The summed E-state index contributed by atoms with van der Waals surface area (Å²) in [5, 5.41) is 5.67. The summed E-state index contributed by atoms with van der Waals surface area (Å²) in [6, 6.07) is 40.8. The molecule has 5 rings (SSSR count). The second kappa shape index (κ2) is 14.7. The average Bonchev–Trinajstić information content (AvgIpc) is 3.08. The fourth-order valence-electron chi connectivity index (χ4n) is 4.40. The first-order valence-corrected chi connectivity index (χ1v) is 14.9. The number of ketones is 1. The van der Waals surface area contributed by atoms with E-state index >= 15 is 0 Å². The summed E-state index contributed by atoms with van der Waals surface area (Å²) in [5.74, 6) is -0.0531. The first-order valence-electron chi connectivity index (χ1n) is 13.9. The van der Waals surface area contributed by atoms with Gasteiger partial charge in [0.15, 0.2) is 5.78 Å². The summed E-state index contributed by atoms with van der Waals surface area (Å²) < 4.78 is 5.22. The van der Waals surface area contributed by atoms with Gasteiger partial charge in [-0.3, -0.25) is 14.4 Å². The fourth-order valence-corrected chi connectivity index (χ4v) is 5.25. The third-order valence-electron chi connectivity index (χ3n) is 6.71. The molecule has 218 valence electrons. The molecule has 0 saturated carbocycles. The van der Waals surface area contributed by atoms with Gasteiger partial charge >= 0.3 is 0 Å². The van der Waals surface area contributed by atoms with E-state index in [1.165, 1.54) is 11.8 Å². The largest absolute Gasteiger partial charge is 0.497 e. The number of ether oxygens (including phenoxy) is 1. The molecule has 0 spiro atoms. The predicted molar refractivity (Wildman–Crippen MR) is 177 cm³/mol. The van der Waals surface area contributed by atoms with Crippen LogP contribution >= 0.6 is 11.8 Å². The van der Waals surface area contributed by atoms with Crippen molar-refractivity contribution in [2.24, 2.45) is 0 Å². The first kappa shape index (κ1) is 30.1. The fraction of sp³-hybridized carbons (Fsp3) is 0.0541. The van der Waals surface area contributed by atoms with E-state index in [1.807, 2.05) is 72.8 Å². The van der Waals surface area contributed by atoms with Gasteiger partial charge in [-0.2, -0.15) is 0 Å². The average molecular weight is 599 g/mol. The number of thioether (sulfide) groups is 1. The smallest absolute Gasteiger partial charge is 0.272 e. The van der Waals surface area contributed by atoms with E-state index in [9.17, 15) is 14.4 Å². The Kier molecular flexibility index (Phi) is 10.0. The molecule has 0 bridgehead atoms. The number of rotatable bonds is 11. The van der Waals surface area contributed by atoms with Gasteiger partial charge in [-0.25, -0.2) is 0 Å². The Bertz CT molecular complexity index is 1790. The Hall–Kier alpha value is -5.40. The molecule has 5 aromatic carbocycles. The highest BCUT2D eigenvalue weighted by molar-refractivity contribution is 8.00. The van der Waals surface area contributed by atoms with Crippen LogP contribution in [0.25, 0.3) is 17.2 Å². The van der Waals surface area contributed by atoms with Crippen molar-refractivity contribution in [3.8, 4) is 16.9 Å². The Morgan fingerprint density at radius 1 is 0.705 bits per heavy atom. The van der Waals surface area contributed by atoms with Crippen LogP contribution in [0.1, 0.15) is 26.3 Å². The molecular weight excluding hydrogens is 568 g/mol. The van der Waals surface area contributed by atoms with Gasteiger partial charge < -0.3 is 15.4 Å². The Labute approximate surface area is 260 Å². The summed E-state index contributed by atoms with van der Waals surface area (Å²) in [7, 11) is 1.56. The summed E-state index contributed by atoms with van der Waals surface area (Å²) >= 11 is 1.37. The lowest BCUT2D eigenvalue weighted by molar-refractivity contribution is -0.113. The Balaban J connectivity index is 1.32. The molecule has 44 heavy (non-hydrogen) atoms.